The van der Waals surface area contributed by atoms with Crippen molar-refractivity contribution in [1.29, 1.82) is 0 Å². The monoisotopic (exact) mass is 398 g/mol. The van der Waals surface area contributed by atoms with Crippen LogP contribution in [-0.4, -0.2) is 68.1 Å². The first-order chi connectivity index (χ1) is 12.8. The maximum atomic E-state index is 11.6. The van der Waals surface area contributed by atoms with Crippen LogP contribution in [0.2, 0.25) is 0 Å². The van der Waals surface area contributed by atoms with Crippen molar-refractivity contribution >= 4 is 5.97 Å². The van der Waals surface area contributed by atoms with Gasteiger partial charge in [-0.25, -0.2) is 0 Å². The van der Waals surface area contributed by atoms with Crippen LogP contribution >= 0.6 is 0 Å². The molecule has 0 aromatic heterocycles. The van der Waals surface area contributed by atoms with Crippen LogP contribution in [0.1, 0.15) is 25.7 Å². The predicted molar refractivity (Wildman–Crippen MR) is 88.0 cm³/mol. The predicted octanol–water partition coefficient (Wildman–Crippen LogP) is -0.848. The zero-order valence-electron chi connectivity index (χ0n) is 14.9. The van der Waals surface area contributed by atoms with E-state index in [1.54, 1.807) is 0 Å². The summed E-state index contributed by atoms with van der Waals surface area (Å²) < 4.78 is 15.1. The Morgan fingerprint density at radius 1 is 0.889 bits per heavy atom. The average Bonchev–Trinajstić information content (AvgIpc) is 2.60. The fourth-order valence-corrected chi connectivity index (χ4v) is 1.72. The highest BCUT2D eigenvalue weighted by molar-refractivity contribution is 5.75. The molecule has 158 valence electrons. The number of hydrogen-bond donors (Lipinski definition) is 2. The summed E-state index contributed by atoms with van der Waals surface area (Å²) in [7, 11) is 0. The third-order valence-electron chi connectivity index (χ3n) is 3.02. The molecule has 0 spiro atoms. The van der Waals surface area contributed by atoms with Crippen LogP contribution in [0, 0.1) is 20.2 Å². The van der Waals surface area contributed by atoms with Crippen LogP contribution in [0.25, 0.3) is 0 Å². The molecule has 4 N–H and O–H groups in total. The minimum Gasteiger partial charge on any atom is -0.462 e. The van der Waals surface area contributed by atoms with Gasteiger partial charge in [-0.3, -0.25) is 4.79 Å². The molecule has 0 heterocycles. The van der Waals surface area contributed by atoms with Gasteiger partial charge in [-0.05, 0) is 19.3 Å². The SMILES string of the molecule is NC(CCCCCO[N+](=O)[O-])OCC(N)C(=O)OCCOCCO[N+](=O)[O-]. The summed E-state index contributed by atoms with van der Waals surface area (Å²) in [6.07, 6.45) is 1.77. The third-order valence-corrected chi connectivity index (χ3v) is 3.02. The maximum Gasteiger partial charge on any atom is 0.325 e. The van der Waals surface area contributed by atoms with Gasteiger partial charge in [0, 0.05) is 0 Å². The smallest absolute Gasteiger partial charge is 0.325 e. The summed E-state index contributed by atoms with van der Waals surface area (Å²) in [6, 6.07) is -1.01. The summed E-state index contributed by atoms with van der Waals surface area (Å²) in [4.78, 5) is 39.6. The summed E-state index contributed by atoms with van der Waals surface area (Å²) in [5.74, 6) is -0.690. The lowest BCUT2D eigenvalue weighted by Gasteiger charge is -2.16. The topological polar surface area (TPSA) is 202 Å². The van der Waals surface area contributed by atoms with Crippen LogP contribution in [0.5, 0.6) is 0 Å². The summed E-state index contributed by atoms with van der Waals surface area (Å²) in [6.45, 7) is -0.340. The number of nitrogens with two attached hydrogens (primary N) is 2. The van der Waals surface area contributed by atoms with Crippen molar-refractivity contribution in [3.8, 4) is 0 Å². The minimum atomic E-state index is -1.01. The zero-order chi connectivity index (χ0) is 20.5. The first kappa shape index (κ1) is 24.7. The molecule has 0 aliphatic carbocycles. The van der Waals surface area contributed by atoms with Gasteiger partial charge in [-0.15, -0.1) is 20.2 Å². The minimum absolute atomic E-state index is 0.0132. The van der Waals surface area contributed by atoms with Crippen LogP contribution in [-0.2, 0) is 28.7 Å². The number of carbonyl (C=O) groups is 1. The quantitative estimate of drug-likeness (QED) is 0.0953. The van der Waals surface area contributed by atoms with Crippen molar-refractivity contribution in [3.05, 3.63) is 20.2 Å². The number of unbranched alkanes of at least 4 members (excludes halogenated alkanes) is 2. The molecule has 2 atom stereocenters. The Bertz CT molecular complexity index is 439. The molecular weight excluding hydrogens is 372 g/mol. The number of carbonyl (C=O) groups excluding carboxylic acids is 1. The molecule has 0 aliphatic heterocycles. The highest BCUT2D eigenvalue weighted by Gasteiger charge is 2.16. The highest BCUT2D eigenvalue weighted by atomic mass is 17.0. The van der Waals surface area contributed by atoms with Gasteiger partial charge in [0.2, 0.25) is 0 Å². The van der Waals surface area contributed by atoms with E-state index >= 15 is 0 Å². The van der Waals surface area contributed by atoms with E-state index in [9.17, 15) is 25.0 Å². The average molecular weight is 398 g/mol. The lowest BCUT2D eigenvalue weighted by molar-refractivity contribution is -0.758. The molecule has 14 nitrogen and oxygen atoms in total. The number of ether oxygens (including phenoxy) is 3. The van der Waals surface area contributed by atoms with Crippen molar-refractivity contribution < 1.29 is 38.9 Å². The lowest BCUT2D eigenvalue weighted by Crippen LogP contribution is -2.40. The molecule has 0 aromatic carbocycles. The van der Waals surface area contributed by atoms with Gasteiger partial charge < -0.3 is 35.4 Å². The van der Waals surface area contributed by atoms with Crippen molar-refractivity contribution in [3.63, 3.8) is 0 Å². The lowest BCUT2D eigenvalue weighted by atomic mass is 10.2. The molecule has 27 heavy (non-hydrogen) atoms. The fourth-order valence-electron chi connectivity index (χ4n) is 1.72. The Morgan fingerprint density at radius 2 is 1.52 bits per heavy atom. The van der Waals surface area contributed by atoms with Crippen molar-refractivity contribution in [2.45, 2.75) is 38.0 Å². The van der Waals surface area contributed by atoms with Gasteiger partial charge >= 0.3 is 5.97 Å². The van der Waals surface area contributed by atoms with E-state index in [2.05, 4.69) is 9.68 Å². The molecule has 0 fully saturated rings. The number of rotatable bonds is 18. The Hall–Kier alpha value is -2.29. The molecule has 0 saturated carbocycles. The van der Waals surface area contributed by atoms with Gasteiger partial charge in [0.05, 0.1) is 26.4 Å². The van der Waals surface area contributed by atoms with E-state index in [4.69, 9.17) is 25.7 Å². The molecule has 0 saturated heterocycles. The van der Waals surface area contributed by atoms with Crippen molar-refractivity contribution in [2.24, 2.45) is 11.5 Å². The van der Waals surface area contributed by atoms with E-state index in [0.29, 0.717) is 25.7 Å². The van der Waals surface area contributed by atoms with Crippen molar-refractivity contribution in [1.82, 2.24) is 0 Å². The van der Waals surface area contributed by atoms with Crippen LogP contribution in [0.4, 0.5) is 0 Å². The Balaban J connectivity index is 3.58. The molecule has 2 unspecified atom stereocenters. The molecule has 0 aliphatic rings. The molecule has 0 rings (SSSR count). The standard InChI is InChI=1S/C13H26N4O10/c14-11(13(18)24-8-6-23-7-9-27-17(21)22)10-25-12(15)4-2-1-3-5-26-16(19)20/h11-12H,1-10,14-15H2. The fraction of sp³-hybridized carbons (Fsp3) is 0.923. The van der Waals surface area contributed by atoms with E-state index < -0.39 is 28.4 Å². The maximum absolute atomic E-state index is 11.6. The third kappa shape index (κ3) is 16.9. The molecule has 0 bridgehead atoms. The van der Waals surface area contributed by atoms with E-state index in [1.165, 1.54) is 0 Å². The van der Waals surface area contributed by atoms with Gasteiger partial charge in [-0.1, -0.05) is 6.42 Å². The summed E-state index contributed by atoms with van der Waals surface area (Å²) >= 11 is 0. The number of nitrogens with zero attached hydrogens (tertiary/aromatic N) is 2. The van der Waals surface area contributed by atoms with Crippen LogP contribution < -0.4 is 11.5 Å². The second kappa shape index (κ2) is 15.9. The Kier molecular flexibility index (Phi) is 14.6. The first-order valence-electron chi connectivity index (χ1n) is 8.24. The largest absolute Gasteiger partial charge is 0.462 e. The van der Waals surface area contributed by atoms with E-state index in [-0.39, 0.29) is 39.6 Å². The van der Waals surface area contributed by atoms with E-state index in [0.717, 1.165) is 0 Å². The number of esters is 1. The summed E-state index contributed by atoms with van der Waals surface area (Å²) in [5.41, 5.74) is 11.3. The first-order valence-corrected chi connectivity index (χ1v) is 8.24. The molecule has 0 radical (unpaired) electrons. The second-order valence-electron chi connectivity index (χ2n) is 5.22. The highest BCUT2D eigenvalue weighted by Crippen LogP contribution is 2.04. The van der Waals surface area contributed by atoms with Gasteiger partial charge in [0.25, 0.3) is 10.2 Å². The molecular formula is C13H26N4O10. The van der Waals surface area contributed by atoms with E-state index in [1.807, 2.05) is 0 Å². The van der Waals surface area contributed by atoms with Crippen LogP contribution in [0.3, 0.4) is 0 Å². The van der Waals surface area contributed by atoms with Crippen molar-refractivity contribution in [2.75, 3.05) is 39.6 Å². The zero-order valence-corrected chi connectivity index (χ0v) is 14.9. The summed E-state index contributed by atoms with van der Waals surface area (Å²) in [5, 5.41) is 18.1. The number of hydrogen-bond acceptors (Lipinski definition) is 12. The van der Waals surface area contributed by atoms with Gasteiger partial charge in [-0.2, -0.15) is 0 Å². The second-order valence-corrected chi connectivity index (χ2v) is 5.22. The normalized spacial score (nSPS) is 12.8. The Labute approximate surface area is 155 Å². The van der Waals surface area contributed by atoms with Gasteiger partial charge in [0.15, 0.2) is 0 Å². The van der Waals surface area contributed by atoms with Crippen LogP contribution in [0.15, 0.2) is 0 Å². The molecule has 0 aromatic rings. The molecule has 0 amide bonds. The van der Waals surface area contributed by atoms with Gasteiger partial charge in [0.1, 0.15) is 25.5 Å². The Morgan fingerprint density at radius 3 is 2.19 bits per heavy atom. The molecule has 14 heteroatoms.